The molecule has 132 valence electrons. The molecule has 0 radical (unpaired) electrons. The fourth-order valence-corrected chi connectivity index (χ4v) is 2.45. The van der Waals surface area contributed by atoms with Crippen LogP contribution in [-0.4, -0.2) is 39.2 Å². The lowest BCUT2D eigenvalue weighted by Gasteiger charge is -2.23. The Labute approximate surface area is 152 Å². The SMILES string of the molecule is CCCN(CC(=O)O)C(C)c1nc(Cc2ccc(Cl)cc2)no1.Cl. The third kappa shape index (κ3) is 5.78. The van der Waals surface area contributed by atoms with Crippen LogP contribution < -0.4 is 0 Å². The van der Waals surface area contributed by atoms with Crippen molar-refractivity contribution in [2.75, 3.05) is 13.1 Å². The molecule has 0 fully saturated rings. The van der Waals surface area contributed by atoms with E-state index in [9.17, 15) is 4.79 Å². The number of carbonyl (C=O) groups is 1. The fraction of sp³-hybridized carbons (Fsp3) is 0.438. The molecule has 2 rings (SSSR count). The number of benzene rings is 1. The predicted molar refractivity (Wildman–Crippen MR) is 93.7 cm³/mol. The second-order valence-corrected chi connectivity index (χ2v) is 5.83. The molecule has 1 aromatic carbocycles. The molecule has 1 atom stereocenters. The Kier molecular flexibility index (Phi) is 8.18. The first-order valence-corrected chi connectivity index (χ1v) is 7.90. The van der Waals surface area contributed by atoms with Gasteiger partial charge in [0.2, 0.25) is 5.89 Å². The normalized spacial score (nSPS) is 12.0. The highest BCUT2D eigenvalue weighted by atomic mass is 35.5. The zero-order valence-corrected chi connectivity index (χ0v) is 15.2. The van der Waals surface area contributed by atoms with Crippen LogP contribution >= 0.6 is 24.0 Å². The van der Waals surface area contributed by atoms with E-state index in [2.05, 4.69) is 10.1 Å². The molecule has 8 heteroatoms. The van der Waals surface area contributed by atoms with E-state index in [1.54, 1.807) is 0 Å². The Morgan fingerprint density at radius 2 is 2.04 bits per heavy atom. The topological polar surface area (TPSA) is 79.5 Å². The van der Waals surface area contributed by atoms with Crippen LogP contribution in [0.2, 0.25) is 5.02 Å². The first-order valence-electron chi connectivity index (χ1n) is 7.52. The zero-order chi connectivity index (χ0) is 16.8. The van der Waals surface area contributed by atoms with Gasteiger partial charge in [-0.25, -0.2) is 0 Å². The van der Waals surface area contributed by atoms with Crippen molar-refractivity contribution in [1.82, 2.24) is 15.0 Å². The number of carboxylic acid groups (broad SMARTS) is 1. The number of halogens is 2. The summed E-state index contributed by atoms with van der Waals surface area (Å²) in [6.07, 6.45) is 1.39. The van der Waals surface area contributed by atoms with Gasteiger partial charge < -0.3 is 9.63 Å². The summed E-state index contributed by atoms with van der Waals surface area (Å²) in [6, 6.07) is 7.22. The molecule has 0 bridgehead atoms. The average Bonchev–Trinajstić information content (AvgIpc) is 2.96. The molecule has 24 heavy (non-hydrogen) atoms. The van der Waals surface area contributed by atoms with Crippen LogP contribution in [-0.2, 0) is 11.2 Å². The second kappa shape index (κ2) is 9.61. The van der Waals surface area contributed by atoms with Gasteiger partial charge in [-0.1, -0.05) is 35.8 Å². The summed E-state index contributed by atoms with van der Waals surface area (Å²) in [5.74, 6) is 0.135. The number of aliphatic carboxylic acids is 1. The van der Waals surface area contributed by atoms with Crippen molar-refractivity contribution < 1.29 is 14.4 Å². The van der Waals surface area contributed by atoms with Crippen LogP contribution in [0.1, 0.15) is 43.6 Å². The molecule has 0 aliphatic carbocycles. The number of nitrogens with zero attached hydrogens (tertiary/aromatic N) is 3. The minimum absolute atomic E-state index is 0. The Morgan fingerprint density at radius 3 is 2.62 bits per heavy atom. The van der Waals surface area contributed by atoms with Crippen LogP contribution in [0.15, 0.2) is 28.8 Å². The van der Waals surface area contributed by atoms with E-state index in [-0.39, 0.29) is 25.0 Å². The van der Waals surface area contributed by atoms with Crippen LogP contribution in [0.3, 0.4) is 0 Å². The van der Waals surface area contributed by atoms with Gasteiger partial charge in [0.1, 0.15) is 0 Å². The van der Waals surface area contributed by atoms with Gasteiger partial charge in [0.25, 0.3) is 0 Å². The molecule has 1 unspecified atom stereocenters. The first-order chi connectivity index (χ1) is 11.0. The summed E-state index contributed by atoms with van der Waals surface area (Å²) in [5.41, 5.74) is 1.03. The predicted octanol–water partition coefficient (Wildman–Crippen LogP) is 3.59. The van der Waals surface area contributed by atoms with Crippen molar-refractivity contribution in [3.05, 3.63) is 46.6 Å². The first kappa shape index (κ1) is 20.4. The van der Waals surface area contributed by atoms with Gasteiger partial charge in [0.05, 0.1) is 12.6 Å². The van der Waals surface area contributed by atoms with E-state index >= 15 is 0 Å². The largest absolute Gasteiger partial charge is 0.480 e. The minimum Gasteiger partial charge on any atom is -0.480 e. The lowest BCUT2D eigenvalue weighted by Crippen LogP contribution is -2.33. The molecule has 1 aromatic heterocycles. The molecule has 1 heterocycles. The van der Waals surface area contributed by atoms with E-state index in [0.29, 0.717) is 29.7 Å². The molecule has 0 aliphatic rings. The molecule has 0 spiro atoms. The third-order valence-corrected chi connectivity index (χ3v) is 3.77. The van der Waals surface area contributed by atoms with E-state index in [4.69, 9.17) is 21.2 Å². The van der Waals surface area contributed by atoms with E-state index < -0.39 is 5.97 Å². The standard InChI is InChI=1S/C16H20ClN3O3.ClH/c1-3-8-20(10-15(21)22)11(2)16-18-14(19-23-16)9-12-4-6-13(17)7-5-12;/h4-7,11H,3,8-10H2,1-2H3,(H,21,22);1H. The molecular weight excluding hydrogens is 353 g/mol. The summed E-state index contributed by atoms with van der Waals surface area (Å²) in [6.45, 7) is 4.48. The van der Waals surface area contributed by atoms with Crippen LogP contribution in [0.5, 0.6) is 0 Å². The van der Waals surface area contributed by atoms with Gasteiger partial charge in [-0.3, -0.25) is 9.69 Å². The van der Waals surface area contributed by atoms with Crippen molar-refractivity contribution in [2.45, 2.75) is 32.7 Å². The van der Waals surface area contributed by atoms with Crippen molar-refractivity contribution >= 4 is 30.0 Å². The van der Waals surface area contributed by atoms with Gasteiger partial charge in [0.15, 0.2) is 5.82 Å². The maximum Gasteiger partial charge on any atom is 0.317 e. The summed E-state index contributed by atoms with van der Waals surface area (Å²) in [5, 5.41) is 13.7. The number of rotatable bonds is 8. The molecule has 1 N–H and O–H groups in total. The van der Waals surface area contributed by atoms with E-state index in [0.717, 1.165) is 12.0 Å². The minimum atomic E-state index is -0.869. The number of carboxylic acids is 1. The number of hydrogen-bond acceptors (Lipinski definition) is 5. The van der Waals surface area contributed by atoms with Gasteiger partial charge in [-0.05, 0) is 37.6 Å². The third-order valence-electron chi connectivity index (χ3n) is 3.51. The molecule has 0 aliphatic heterocycles. The van der Waals surface area contributed by atoms with Crippen molar-refractivity contribution in [2.24, 2.45) is 0 Å². The van der Waals surface area contributed by atoms with Gasteiger partial charge >= 0.3 is 5.97 Å². The maximum absolute atomic E-state index is 11.0. The Bertz CT molecular complexity index is 646. The summed E-state index contributed by atoms with van der Waals surface area (Å²) in [7, 11) is 0. The highest BCUT2D eigenvalue weighted by molar-refractivity contribution is 6.30. The van der Waals surface area contributed by atoms with Gasteiger partial charge in [-0.2, -0.15) is 4.98 Å². The summed E-state index contributed by atoms with van der Waals surface area (Å²) in [4.78, 5) is 17.2. The quantitative estimate of drug-likeness (QED) is 0.761. The molecule has 0 amide bonds. The Morgan fingerprint density at radius 1 is 1.38 bits per heavy atom. The molecular formula is C16H21Cl2N3O3. The highest BCUT2D eigenvalue weighted by Crippen LogP contribution is 2.19. The average molecular weight is 374 g/mol. The number of hydrogen-bond donors (Lipinski definition) is 1. The molecule has 6 nitrogen and oxygen atoms in total. The van der Waals surface area contributed by atoms with Gasteiger partial charge in [-0.15, -0.1) is 12.4 Å². The van der Waals surface area contributed by atoms with E-state index in [1.807, 2.05) is 43.0 Å². The van der Waals surface area contributed by atoms with E-state index in [1.165, 1.54) is 0 Å². The zero-order valence-electron chi connectivity index (χ0n) is 13.6. The second-order valence-electron chi connectivity index (χ2n) is 5.39. The lowest BCUT2D eigenvalue weighted by molar-refractivity contribution is -0.139. The van der Waals surface area contributed by atoms with Crippen LogP contribution in [0.4, 0.5) is 0 Å². The number of aromatic nitrogens is 2. The van der Waals surface area contributed by atoms with Crippen LogP contribution in [0, 0.1) is 0 Å². The monoisotopic (exact) mass is 373 g/mol. The smallest absolute Gasteiger partial charge is 0.317 e. The van der Waals surface area contributed by atoms with Crippen LogP contribution in [0.25, 0.3) is 0 Å². The molecule has 2 aromatic rings. The lowest BCUT2D eigenvalue weighted by atomic mass is 10.1. The van der Waals surface area contributed by atoms with Gasteiger partial charge in [0, 0.05) is 11.4 Å². The van der Waals surface area contributed by atoms with Crippen molar-refractivity contribution in [3.8, 4) is 0 Å². The Hall–Kier alpha value is -1.63. The highest BCUT2D eigenvalue weighted by Gasteiger charge is 2.23. The molecule has 0 saturated heterocycles. The fourth-order valence-electron chi connectivity index (χ4n) is 2.32. The van der Waals surface area contributed by atoms with Crippen molar-refractivity contribution in [1.29, 1.82) is 0 Å². The van der Waals surface area contributed by atoms with Crippen molar-refractivity contribution in [3.63, 3.8) is 0 Å². The summed E-state index contributed by atoms with van der Waals surface area (Å²) >= 11 is 5.86. The summed E-state index contributed by atoms with van der Waals surface area (Å²) < 4.78 is 5.31. The Balaban J connectivity index is 0.00000288. The maximum atomic E-state index is 11.0. The molecule has 0 saturated carbocycles.